The first-order valence-electron chi connectivity index (χ1n) is 5.90. The van der Waals surface area contributed by atoms with Crippen LogP contribution in [0.4, 0.5) is 0 Å². The number of ether oxygens (including phenoxy) is 1. The minimum absolute atomic E-state index is 0.310. The van der Waals surface area contributed by atoms with Gasteiger partial charge in [-0.05, 0) is 26.2 Å². The lowest BCUT2D eigenvalue weighted by molar-refractivity contribution is 0.134. The number of nitrogens with two attached hydrogens (primary N) is 1. The first-order chi connectivity index (χ1) is 7.69. The summed E-state index contributed by atoms with van der Waals surface area (Å²) in [7, 11) is 1.73. The highest BCUT2D eigenvalue weighted by Gasteiger charge is 2.31. The van der Waals surface area contributed by atoms with Gasteiger partial charge in [-0.3, -0.25) is 4.90 Å². The lowest BCUT2D eigenvalue weighted by Crippen LogP contribution is -2.38. The lowest BCUT2D eigenvalue weighted by atomic mass is 10.2. The summed E-state index contributed by atoms with van der Waals surface area (Å²) in [4.78, 5) is 2.44. The molecule has 0 aromatic heterocycles. The van der Waals surface area contributed by atoms with Gasteiger partial charge in [0, 0.05) is 38.8 Å². The van der Waals surface area contributed by atoms with Crippen molar-refractivity contribution in [2.24, 2.45) is 10.9 Å². The van der Waals surface area contributed by atoms with E-state index in [1.807, 2.05) is 0 Å². The standard InChI is InChI=1S/C11H23N3O2/c1-9(6-8-16-2)14(10-3-4-10)7-5-11(12)13-15/h9-10,15H,3-8H2,1-2H3,(H2,12,13). The highest BCUT2D eigenvalue weighted by molar-refractivity contribution is 5.79. The fourth-order valence-corrected chi connectivity index (χ4v) is 1.92. The molecule has 1 saturated carbocycles. The molecular formula is C11H23N3O2. The molecule has 1 fully saturated rings. The molecule has 0 saturated heterocycles. The maximum Gasteiger partial charge on any atom is 0.140 e. The largest absolute Gasteiger partial charge is 0.409 e. The molecule has 0 aliphatic heterocycles. The van der Waals surface area contributed by atoms with Crippen LogP contribution in [-0.4, -0.2) is 48.3 Å². The lowest BCUT2D eigenvalue weighted by Gasteiger charge is -2.28. The number of methoxy groups -OCH3 is 1. The molecular weight excluding hydrogens is 206 g/mol. The van der Waals surface area contributed by atoms with E-state index in [-0.39, 0.29) is 0 Å². The Bertz CT molecular complexity index is 229. The van der Waals surface area contributed by atoms with Crippen LogP contribution in [0, 0.1) is 0 Å². The SMILES string of the molecule is COCCC(C)N(CCC(N)=NO)C1CC1. The van der Waals surface area contributed by atoms with Gasteiger partial charge in [-0.1, -0.05) is 5.16 Å². The normalized spacial score (nSPS) is 19.1. The van der Waals surface area contributed by atoms with Crippen LogP contribution in [0.5, 0.6) is 0 Å². The maximum atomic E-state index is 8.51. The second kappa shape index (κ2) is 6.70. The number of nitrogens with zero attached hydrogens (tertiary/aromatic N) is 2. The molecule has 0 aromatic rings. The summed E-state index contributed by atoms with van der Waals surface area (Å²) in [5.41, 5.74) is 5.49. The summed E-state index contributed by atoms with van der Waals surface area (Å²) in [6, 6.07) is 1.19. The Balaban J connectivity index is 2.34. The molecule has 0 radical (unpaired) electrons. The minimum Gasteiger partial charge on any atom is -0.409 e. The van der Waals surface area contributed by atoms with Gasteiger partial charge in [0.15, 0.2) is 0 Å². The van der Waals surface area contributed by atoms with E-state index in [2.05, 4.69) is 17.0 Å². The van der Waals surface area contributed by atoms with Crippen molar-refractivity contribution in [2.45, 2.75) is 44.7 Å². The van der Waals surface area contributed by atoms with Crippen LogP contribution in [0.15, 0.2) is 5.16 Å². The first-order valence-corrected chi connectivity index (χ1v) is 5.90. The van der Waals surface area contributed by atoms with Crippen molar-refractivity contribution in [3.8, 4) is 0 Å². The second-order valence-corrected chi connectivity index (χ2v) is 4.44. The summed E-state index contributed by atoms with van der Waals surface area (Å²) < 4.78 is 5.09. The van der Waals surface area contributed by atoms with Crippen LogP contribution in [-0.2, 0) is 4.74 Å². The fraction of sp³-hybridized carbons (Fsp3) is 0.909. The van der Waals surface area contributed by atoms with E-state index >= 15 is 0 Å². The Morgan fingerprint density at radius 2 is 2.31 bits per heavy atom. The van der Waals surface area contributed by atoms with E-state index in [0.717, 1.165) is 19.6 Å². The Morgan fingerprint density at radius 3 is 2.81 bits per heavy atom. The molecule has 0 heterocycles. The Kier molecular flexibility index (Phi) is 5.55. The molecule has 0 bridgehead atoms. The van der Waals surface area contributed by atoms with E-state index in [4.69, 9.17) is 15.7 Å². The van der Waals surface area contributed by atoms with Gasteiger partial charge in [0.1, 0.15) is 5.84 Å². The average molecular weight is 229 g/mol. The predicted octanol–water partition coefficient (Wildman–Crippen LogP) is 1.01. The van der Waals surface area contributed by atoms with Gasteiger partial charge < -0.3 is 15.7 Å². The zero-order valence-electron chi connectivity index (χ0n) is 10.2. The molecule has 1 atom stereocenters. The van der Waals surface area contributed by atoms with Gasteiger partial charge in [0.2, 0.25) is 0 Å². The molecule has 1 rings (SSSR count). The molecule has 3 N–H and O–H groups in total. The van der Waals surface area contributed by atoms with Crippen molar-refractivity contribution in [3.63, 3.8) is 0 Å². The molecule has 0 aromatic carbocycles. The third-order valence-corrected chi connectivity index (χ3v) is 3.08. The Morgan fingerprint density at radius 1 is 1.62 bits per heavy atom. The first kappa shape index (κ1) is 13.3. The number of rotatable bonds is 8. The third-order valence-electron chi connectivity index (χ3n) is 3.08. The summed E-state index contributed by atoms with van der Waals surface area (Å²) in [6.45, 7) is 3.86. The van der Waals surface area contributed by atoms with Gasteiger partial charge in [-0.15, -0.1) is 0 Å². The molecule has 1 aliphatic rings. The molecule has 0 amide bonds. The van der Waals surface area contributed by atoms with Crippen LogP contribution in [0.2, 0.25) is 0 Å². The monoisotopic (exact) mass is 229 g/mol. The van der Waals surface area contributed by atoms with Crippen molar-refractivity contribution in [1.29, 1.82) is 0 Å². The molecule has 94 valence electrons. The van der Waals surface area contributed by atoms with Crippen LogP contribution in [0.25, 0.3) is 0 Å². The Labute approximate surface area is 97.2 Å². The number of hydrogen-bond donors (Lipinski definition) is 2. The molecule has 16 heavy (non-hydrogen) atoms. The highest BCUT2D eigenvalue weighted by atomic mass is 16.5. The molecule has 0 spiro atoms. The van der Waals surface area contributed by atoms with Crippen LogP contribution in [0.1, 0.15) is 32.6 Å². The van der Waals surface area contributed by atoms with E-state index in [1.165, 1.54) is 12.8 Å². The van der Waals surface area contributed by atoms with Crippen molar-refractivity contribution < 1.29 is 9.94 Å². The third kappa shape index (κ3) is 4.37. The summed E-state index contributed by atoms with van der Waals surface area (Å²) in [6.07, 6.45) is 4.20. The summed E-state index contributed by atoms with van der Waals surface area (Å²) in [5.74, 6) is 0.310. The highest BCUT2D eigenvalue weighted by Crippen LogP contribution is 2.29. The van der Waals surface area contributed by atoms with Crippen molar-refractivity contribution in [1.82, 2.24) is 4.90 Å². The smallest absolute Gasteiger partial charge is 0.140 e. The molecule has 1 unspecified atom stereocenters. The van der Waals surface area contributed by atoms with E-state index in [0.29, 0.717) is 24.3 Å². The van der Waals surface area contributed by atoms with Gasteiger partial charge >= 0.3 is 0 Å². The summed E-state index contributed by atoms with van der Waals surface area (Å²) >= 11 is 0. The quantitative estimate of drug-likeness (QED) is 0.282. The minimum atomic E-state index is 0.310. The van der Waals surface area contributed by atoms with Gasteiger partial charge in [-0.2, -0.15) is 0 Å². The van der Waals surface area contributed by atoms with E-state index < -0.39 is 0 Å². The number of amidine groups is 1. The zero-order valence-corrected chi connectivity index (χ0v) is 10.2. The summed E-state index contributed by atoms with van der Waals surface area (Å²) in [5, 5.41) is 11.5. The molecule has 1 aliphatic carbocycles. The molecule has 5 nitrogen and oxygen atoms in total. The van der Waals surface area contributed by atoms with Crippen molar-refractivity contribution >= 4 is 5.84 Å². The number of hydrogen-bond acceptors (Lipinski definition) is 4. The number of oxime groups is 1. The second-order valence-electron chi connectivity index (χ2n) is 4.44. The van der Waals surface area contributed by atoms with Crippen LogP contribution < -0.4 is 5.73 Å². The predicted molar refractivity (Wildman–Crippen MR) is 63.7 cm³/mol. The van der Waals surface area contributed by atoms with E-state index in [9.17, 15) is 0 Å². The van der Waals surface area contributed by atoms with E-state index in [1.54, 1.807) is 7.11 Å². The zero-order chi connectivity index (χ0) is 12.0. The maximum absolute atomic E-state index is 8.51. The fourth-order valence-electron chi connectivity index (χ4n) is 1.92. The molecule has 5 heteroatoms. The van der Waals surface area contributed by atoms with Gasteiger partial charge in [-0.25, -0.2) is 0 Å². The average Bonchev–Trinajstić information content (AvgIpc) is 3.10. The van der Waals surface area contributed by atoms with Crippen LogP contribution >= 0.6 is 0 Å². The van der Waals surface area contributed by atoms with Gasteiger partial charge in [0.25, 0.3) is 0 Å². The Hall–Kier alpha value is -0.810. The van der Waals surface area contributed by atoms with Gasteiger partial charge in [0.05, 0.1) is 0 Å². The van der Waals surface area contributed by atoms with Crippen molar-refractivity contribution in [2.75, 3.05) is 20.3 Å². The van der Waals surface area contributed by atoms with Crippen LogP contribution in [0.3, 0.4) is 0 Å². The van der Waals surface area contributed by atoms with Crippen molar-refractivity contribution in [3.05, 3.63) is 0 Å². The topological polar surface area (TPSA) is 71.1 Å².